The summed E-state index contributed by atoms with van der Waals surface area (Å²) in [6.07, 6.45) is 0. The van der Waals surface area contributed by atoms with Gasteiger partial charge in [0.05, 0.1) is 22.8 Å². The number of rotatable bonds is 5. The highest BCUT2D eigenvalue weighted by atomic mass is 32.2. The van der Waals surface area contributed by atoms with Gasteiger partial charge in [-0.05, 0) is 31.2 Å². The number of sulfonamides is 1. The molecule has 2 aromatic rings. The van der Waals surface area contributed by atoms with Crippen LogP contribution < -0.4 is 14.9 Å². The van der Waals surface area contributed by atoms with Crippen LogP contribution in [0.5, 0.6) is 0 Å². The Labute approximate surface area is 152 Å². The van der Waals surface area contributed by atoms with E-state index < -0.39 is 10.0 Å². The van der Waals surface area contributed by atoms with Crippen LogP contribution in [0, 0.1) is 0 Å². The fourth-order valence-corrected chi connectivity index (χ4v) is 3.89. The molecule has 3 rings (SSSR count). The minimum atomic E-state index is -3.87. The minimum Gasteiger partial charge on any atom is -0.359 e. The molecule has 8 heteroatoms. The van der Waals surface area contributed by atoms with Crippen molar-refractivity contribution in [1.29, 1.82) is 0 Å². The number of hydrogen-bond donors (Lipinski definition) is 2. The van der Waals surface area contributed by atoms with Crippen molar-refractivity contribution in [3.05, 3.63) is 54.1 Å². The highest BCUT2D eigenvalue weighted by molar-refractivity contribution is 7.92. The molecule has 1 fully saturated rings. The molecule has 1 aliphatic heterocycles. The van der Waals surface area contributed by atoms with E-state index in [2.05, 4.69) is 10.0 Å². The van der Waals surface area contributed by atoms with Gasteiger partial charge in [-0.25, -0.2) is 8.42 Å². The average molecular weight is 373 g/mol. The quantitative estimate of drug-likeness (QED) is 0.777. The van der Waals surface area contributed by atoms with Crippen LogP contribution in [0.2, 0.25) is 0 Å². The summed E-state index contributed by atoms with van der Waals surface area (Å²) in [5.41, 5.74) is 1.35. The van der Waals surface area contributed by atoms with Gasteiger partial charge in [0.1, 0.15) is 0 Å². The second-order valence-corrected chi connectivity index (χ2v) is 7.66. The Bertz CT molecular complexity index is 956. The third-order valence-corrected chi connectivity index (χ3v) is 5.44. The van der Waals surface area contributed by atoms with E-state index in [4.69, 9.17) is 0 Å². The summed E-state index contributed by atoms with van der Waals surface area (Å²) in [6.45, 7) is 2.64. The number of carbonyl (C=O) groups is 2. The van der Waals surface area contributed by atoms with E-state index in [0.717, 1.165) is 0 Å². The van der Waals surface area contributed by atoms with Gasteiger partial charge in [0.25, 0.3) is 10.0 Å². The normalized spacial score (nSPS) is 14.7. The fraction of sp³-hybridized carbons (Fsp3) is 0.222. The first-order valence-corrected chi connectivity index (χ1v) is 9.59. The molecule has 0 aromatic heterocycles. The number of carbonyl (C=O) groups excluding carboxylic acids is 2. The summed E-state index contributed by atoms with van der Waals surface area (Å²) < 4.78 is 28.1. The van der Waals surface area contributed by atoms with E-state index in [1.807, 2.05) is 4.90 Å². The van der Waals surface area contributed by atoms with Crippen LogP contribution in [0.4, 0.5) is 11.4 Å². The van der Waals surface area contributed by atoms with Gasteiger partial charge in [0.2, 0.25) is 5.91 Å². The van der Waals surface area contributed by atoms with Crippen molar-refractivity contribution in [2.24, 2.45) is 0 Å². The zero-order valence-corrected chi connectivity index (χ0v) is 15.0. The van der Waals surface area contributed by atoms with Gasteiger partial charge in [-0.15, -0.1) is 0 Å². The summed E-state index contributed by atoms with van der Waals surface area (Å²) in [6, 6.07) is 12.8. The number of nitrogens with zero attached hydrogens (tertiary/aromatic N) is 1. The lowest BCUT2D eigenvalue weighted by Crippen LogP contribution is -2.47. The number of anilines is 2. The Morgan fingerprint density at radius 1 is 1.15 bits per heavy atom. The van der Waals surface area contributed by atoms with Gasteiger partial charge in [-0.2, -0.15) is 0 Å². The first-order valence-electron chi connectivity index (χ1n) is 8.11. The van der Waals surface area contributed by atoms with Crippen LogP contribution in [0.1, 0.15) is 17.3 Å². The van der Waals surface area contributed by atoms with Gasteiger partial charge in [-0.3, -0.25) is 14.3 Å². The van der Waals surface area contributed by atoms with Crippen LogP contribution in [0.3, 0.4) is 0 Å². The standard InChI is InChI=1S/C18H19N3O4S/c1-13(22)14-5-4-6-15(11-14)26(24,25)20-16-7-2-3-8-17(16)21-10-9-19-18(23)12-21/h2-8,11,20H,9-10,12H2,1H3,(H,19,23). The van der Waals surface area contributed by atoms with E-state index in [-0.39, 0.29) is 23.1 Å². The molecule has 1 heterocycles. The Morgan fingerprint density at radius 3 is 2.65 bits per heavy atom. The molecule has 2 N–H and O–H groups in total. The number of para-hydroxylation sites is 2. The molecular formula is C18H19N3O4S. The molecule has 7 nitrogen and oxygen atoms in total. The van der Waals surface area contributed by atoms with E-state index in [9.17, 15) is 18.0 Å². The Kier molecular flexibility index (Phi) is 4.94. The van der Waals surface area contributed by atoms with Crippen LogP contribution in [0.25, 0.3) is 0 Å². The molecule has 0 bridgehead atoms. The average Bonchev–Trinajstić information content (AvgIpc) is 2.62. The largest absolute Gasteiger partial charge is 0.359 e. The van der Waals surface area contributed by atoms with E-state index in [1.165, 1.54) is 25.1 Å². The monoisotopic (exact) mass is 373 g/mol. The van der Waals surface area contributed by atoms with Crippen LogP contribution in [-0.2, 0) is 14.8 Å². The first-order chi connectivity index (χ1) is 12.4. The highest BCUT2D eigenvalue weighted by Crippen LogP contribution is 2.28. The number of ketones is 1. The van der Waals surface area contributed by atoms with E-state index in [1.54, 1.807) is 30.3 Å². The maximum absolute atomic E-state index is 12.8. The Hall–Kier alpha value is -2.87. The maximum Gasteiger partial charge on any atom is 0.261 e. The van der Waals surface area contributed by atoms with Crippen LogP contribution >= 0.6 is 0 Å². The zero-order valence-electron chi connectivity index (χ0n) is 14.2. The molecule has 0 spiro atoms. The molecule has 0 unspecified atom stereocenters. The second-order valence-electron chi connectivity index (χ2n) is 5.98. The molecular weight excluding hydrogens is 354 g/mol. The van der Waals surface area contributed by atoms with Gasteiger partial charge in [-0.1, -0.05) is 24.3 Å². The summed E-state index contributed by atoms with van der Waals surface area (Å²) in [4.78, 5) is 25.0. The lowest BCUT2D eigenvalue weighted by molar-refractivity contribution is -0.120. The molecule has 1 amide bonds. The van der Waals surface area contributed by atoms with Crippen molar-refractivity contribution in [1.82, 2.24) is 5.32 Å². The smallest absolute Gasteiger partial charge is 0.261 e. The summed E-state index contributed by atoms with van der Waals surface area (Å²) in [5.74, 6) is -0.315. The number of hydrogen-bond acceptors (Lipinski definition) is 5. The predicted molar refractivity (Wildman–Crippen MR) is 98.9 cm³/mol. The number of piperazine rings is 1. The van der Waals surface area contributed by atoms with Crippen molar-refractivity contribution < 1.29 is 18.0 Å². The van der Waals surface area contributed by atoms with E-state index >= 15 is 0 Å². The lowest BCUT2D eigenvalue weighted by Gasteiger charge is -2.30. The zero-order chi connectivity index (χ0) is 18.7. The molecule has 2 aromatic carbocycles. The highest BCUT2D eigenvalue weighted by Gasteiger charge is 2.22. The molecule has 26 heavy (non-hydrogen) atoms. The summed E-state index contributed by atoms with van der Waals surface area (Å²) in [5, 5.41) is 2.74. The second kappa shape index (κ2) is 7.17. The fourth-order valence-electron chi connectivity index (χ4n) is 2.77. The molecule has 0 atom stereocenters. The predicted octanol–water partition coefficient (Wildman–Crippen LogP) is 1.63. The first kappa shape index (κ1) is 17.9. The lowest BCUT2D eigenvalue weighted by atomic mass is 10.2. The number of Topliss-reactive ketones (excluding diaryl/α,β-unsaturated/α-hetero) is 1. The topological polar surface area (TPSA) is 95.6 Å². The van der Waals surface area contributed by atoms with Gasteiger partial charge in [0.15, 0.2) is 5.78 Å². The number of benzene rings is 2. The number of amides is 1. The van der Waals surface area contributed by atoms with E-state index in [0.29, 0.717) is 30.0 Å². The van der Waals surface area contributed by atoms with Crippen molar-refractivity contribution in [3.63, 3.8) is 0 Å². The summed E-state index contributed by atoms with van der Waals surface area (Å²) in [7, 11) is -3.87. The molecule has 0 radical (unpaired) electrons. The SMILES string of the molecule is CC(=O)c1cccc(S(=O)(=O)Nc2ccccc2N2CCNC(=O)C2)c1. The molecule has 136 valence electrons. The molecule has 1 saturated heterocycles. The van der Waals surface area contributed by atoms with Crippen molar-refractivity contribution in [2.75, 3.05) is 29.3 Å². The van der Waals surface area contributed by atoms with Gasteiger partial charge in [0, 0.05) is 18.7 Å². The van der Waals surface area contributed by atoms with Crippen molar-refractivity contribution in [3.8, 4) is 0 Å². The minimum absolute atomic E-state index is 0.0105. The maximum atomic E-state index is 12.8. The van der Waals surface area contributed by atoms with Crippen LogP contribution in [0.15, 0.2) is 53.4 Å². The van der Waals surface area contributed by atoms with Crippen molar-refractivity contribution >= 4 is 33.1 Å². The summed E-state index contributed by atoms with van der Waals surface area (Å²) >= 11 is 0. The molecule has 0 saturated carbocycles. The Balaban J connectivity index is 1.92. The van der Waals surface area contributed by atoms with Gasteiger partial charge < -0.3 is 10.2 Å². The Morgan fingerprint density at radius 2 is 1.92 bits per heavy atom. The molecule has 1 aliphatic rings. The number of nitrogens with one attached hydrogen (secondary N) is 2. The third kappa shape index (κ3) is 3.85. The van der Waals surface area contributed by atoms with Crippen molar-refractivity contribution in [2.45, 2.75) is 11.8 Å². The third-order valence-electron chi connectivity index (χ3n) is 4.08. The van der Waals surface area contributed by atoms with Gasteiger partial charge >= 0.3 is 0 Å². The molecule has 0 aliphatic carbocycles. The van der Waals surface area contributed by atoms with Crippen LogP contribution in [-0.4, -0.2) is 39.7 Å².